The van der Waals surface area contributed by atoms with Crippen molar-refractivity contribution in [1.82, 2.24) is 19.7 Å². The highest BCUT2D eigenvalue weighted by atomic mass is 19.1. The Morgan fingerprint density at radius 1 is 1.43 bits per heavy atom. The summed E-state index contributed by atoms with van der Waals surface area (Å²) in [4.78, 5) is 14.4. The van der Waals surface area contributed by atoms with Gasteiger partial charge in [0.15, 0.2) is 0 Å². The molecule has 1 aliphatic heterocycles. The number of amides is 1. The number of aromatic nitrogens is 3. The zero-order valence-corrected chi connectivity index (χ0v) is 13.3. The van der Waals surface area contributed by atoms with Crippen molar-refractivity contribution in [2.45, 2.75) is 38.6 Å². The van der Waals surface area contributed by atoms with E-state index in [2.05, 4.69) is 17.1 Å². The lowest BCUT2D eigenvalue weighted by atomic mass is 9.96. The maximum Gasteiger partial charge on any atom is 0.227 e. The van der Waals surface area contributed by atoms with Crippen LogP contribution in [0.25, 0.3) is 0 Å². The number of carbonyl (C=O) groups excluding carboxylic acids is 1. The monoisotopic (exact) mass is 316 g/mol. The SMILES string of the molecule is CCn1cnnc1C1CCCN(C(=O)Cc2cccc(F)c2)C1. The molecule has 5 nitrogen and oxygen atoms in total. The molecule has 1 amide bonds. The van der Waals surface area contributed by atoms with Crippen LogP contribution in [0.2, 0.25) is 0 Å². The minimum absolute atomic E-state index is 0.0443. The molecule has 0 N–H and O–H groups in total. The summed E-state index contributed by atoms with van der Waals surface area (Å²) in [7, 11) is 0. The van der Waals surface area contributed by atoms with Crippen LogP contribution in [0.4, 0.5) is 4.39 Å². The minimum atomic E-state index is -0.303. The first-order chi connectivity index (χ1) is 11.2. The molecule has 1 aromatic heterocycles. The highest BCUT2D eigenvalue weighted by Crippen LogP contribution is 2.26. The van der Waals surface area contributed by atoms with E-state index in [-0.39, 0.29) is 24.1 Å². The van der Waals surface area contributed by atoms with Crippen LogP contribution in [-0.4, -0.2) is 38.7 Å². The summed E-state index contributed by atoms with van der Waals surface area (Å²) >= 11 is 0. The number of piperidine rings is 1. The molecule has 0 radical (unpaired) electrons. The fourth-order valence-electron chi connectivity index (χ4n) is 3.17. The third kappa shape index (κ3) is 3.57. The molecule has 0 spiro atoms. The third-order valence-corrected chi connectivity index (χ3v) is 4.37. The molecule has 1 aromatic carbocycles. The van der Waals surface area contributed by atoms with E-state index in [0.717, 1.165) is 31.8 Å². The van der Waals surface area contributed by atoms with Gasteiger partial charge in [-0.05, 0) is 37.5 Å². The van der Waals surface area contributed by atoms with E-state index in [4.69, 9.17) is 0 Å². The predicted octanol–water partition coefficient (Wildman–Crippen LogP) is 2.39. The number of hydrogen-bond acceptors (Lipinski definition) is 3. The number of nitrogens with zero attached hydrogens (tertiary/aromatic N) is 4. The van der Waals surface area contributed by atoms with Crippen LogP contribution in [0, 0.1) is 5.82 Å². The van der Waals surface area contributed by atoms with Crippen LogP contribution in [0.5, 0.6) is 0 Å². The van der Waals surface area contributed by atoms with Crippen molar-refractivity contribution in [3.05, 3.63) is 47.8 Å². The van der Waals surface area contributed by atoms with Crippen LogP contribution in [0.3, 0.4) is 0 Å². The molecule has 0 saturated carbocycles. The predicted molar refractivity (Wildman–Crippen MR) is 84.4 cm³/mol. The summed E-state index contributed by atoms with van der Waals surface area (Å²) in [6.45, 7) is 4.30. The first kappa shape index (κ1) is 15.6. The van der Waals surface area contributed by atoms with Gasteiger partial charge in [-0.3, -0.25) is 4.79 Å². The molecule has 1 unspecified atom stereocenters. The molecule has 2 aromatic rings. The second-order valence-electron chi connectivity index (χ2n) is 5.96. The number of aryl methyl sites for hydroxylation is 1. The first-order valence-corrected chi connectivity index (χ1v) is 8.07. The van der Waals surface area contributed by atoms with Gasteiger partial charge < -0.3 is 9.47 Å². The maximum absolute atomic E-state index is 13.2. The summed E-state index contributed by atoms with van der Waals surface area (Å²) in [5, 5.41) is 8.21. The van der Waals surface area contributed by atoms with Gasteiger partial charge in [-0.1, -0.05) is 12.1 Å². The summed E-state index contributed by atoms with van der Waals surface area (Å²) in [5.41, 5.74) is 0.717. The molecule has 1 atom stereocenters. The molecule has 0 aliphatic carbocycles. The van der Waals surface area contributed by atoms with E-state index < -0.39 is 0 Å². The smallest absolute Gasteiger partial charge is 0.227 e. The minimum Gasteiger partial charge on any atom is -0.342 e. The Kier molecular flexibility index (Phi) is 4.69. The number of halogens is 1. The fraction of sp³-hybridized carbons (Fsp3) is 0.471. The van der Waals surface area contributed by atoms with E-state index in [9.17, 15) is 9.18 Å². The molecule has 0 bridgehead atoms. The first-order valence-electron chi connectivity index (χ1n) is 8.07. The summed E-state index contributed by atoms with van der Waals surface area (Å²) in [6, 6.07) is 6.24. The van der Waals surface area contributed by atoms with Gasteiger partial charge in [-0.2, -0.15) is 0 Å². The Morgan fingerprint density at radius 2 is 2.30 bits per heavy atom. The van der Waals surface area contributed by atoms with E-state index in [1.165, 1.54) is 12.1 Å². The van der Waals surface area contributed by atoms with Gasteiger partial charge in [0.2, 0.25) is 5.91 Å². The molecule has 122 valence electrons. The normalized spacial score (nSPS) is 18.2. The number of benzene rings is 1. The van der Waals surface area contributed by atoms with E-state index >= 15 is 0 Å². The van der Waals surface area contributed by atoms with Gasteiger partial charge in [0.05, 0.1) is 6.42 Å². The van der Waals surface area contributed by atoms with E-state index in [1.54, 1.807) is 18.5 Å². The van der Waals surface area contributed by atoms with Crippen molar-refractivity contribution in [3.8, 4) is 0 Å². The van der Waals surface area contributed by atoms with Crippen LogP contribution >= 0.6 is 0 Å². The van der Waals surface area contributed by atoms with Crippen molar-refractivity contribution in [2.24, 2.45) is 0 Å². The summed E-state index contributed by atoms with van der Waals surface area (Å²) < 4.78 is 15.3. The highest BCUT2D eigenvalue weighted by Gasteiger charge is 2.27. The van der Waals surface area contributed by atoms with Crippen LogP contribution < -0.4 is 0 Å². The van der Waals surface area contributed by atoms with Crippen molar-refractivity contribution in [3.63, 3.8) is 0 Å². The Morgan fingerprint density at radius 3 is 3.09 bits per heavy atom. The van der Waals surface area contributed by atoms with E-state index in [0.29, 0.717) is 12.1 Å². The molecule has 6 heteroatoms. The molecular formula is C17H21FN4O. The van der Waals surface area contributed by atoms with Gasteiger partial charge in [0.25, 0.3) is 0 Å². The van der Waals surface area contributed by atoms with Crippen molar-refractivity contribution >= 4 is 5.91 Å². The summed E-state index contributed by atoms with van der Waals surface area (Å²) in [6.07, 6.45) is 3.95. The molecule has 1 saturated heterocycles. The number of rotatable bonds is 4. The Balaban J connectivity index is 1.67. The molecule has 1 aliphatic rings. The van der Waals surface area contributed by atoms with Gasteiger partial charge in [0, 0.05) is 25.6 Å². The molecule has 23 heavy (non-hydrogen) atoms. The van der Waals surface area contributed by atoms with Gasteiger partial charge in [-0.25, -0.2) is 4.39 Å². The second kappa shape index (κ2) is 6.89. The van der Waals surface area contributed by atoms with Crippen LogP contribution in [-0.2, 0) is 17.8 Å². The number of likely N-dealkylation sites (tertiary alicyclic amines) is 1. The zero-order chi connectivity index (χ0) is 16.2. The Labute approximate surface area is 135 Å². The van der Waals surface area contributed by atoms with Gasteiger partial charge in [0.1, 0.15) is 18.0 Å². The van der Waals surface area contributed by atoms with Crippen molar-refractivity contribution in [1.29, 1.82) is 0 Å². The quantitative estimate of drug-likeness (QED) is 0.870. The number of carbonyl (C=O) groups is 1. The third-order valence-electron chi connectivity index (χ3n) is 4.37. The molecular weight excluding hydrogens is 295 g/mol. The lowest BCUT2D eigenvalue weighted by Gasteiger charge is -2.32. The zero-order valence-electron chi connectivity index (χ0n) is 13.3. The van der Waals surface area contributed by atoms with Gasteiger partial charge in [-0.15, -0.1) is 10.2 Å². The van der Waals surface area contributed by atoms with E-state index in [1.807, 2.05) is 9.47 Å². The van der Waals surface area contributed by atoms with Crippen LogP contribution in [0.1, 0.15) is 37.1 Å². The summed E-state index contributed by atoms with van der Waals surface area (Å²) in [5.74, 6) is 0.921. The topological polar surface area (TPSA) is 51.0 Å². The average molecular weight is 316 g/mol. The lowest BCUT2D eigenvalue weighted by Crippen LogP contribution is -2.40. The standard InChI is InChI=1S/C17H21FN4O/c1-2-21-12-19-20-17(21)14-6-4-8-22(11-14)16(23)10-13-5-3-7-15(18)9-13/h3,5,7,9,12,14H,2,4,6,8,10-11H2,1H3. The Bertz CT molecular complexity index is 685. The molecule has 3 rings (SSSR count). The van der Waals surface area contributed by atoms with Gasteiger partial charge >= 0.3 is 0 Å². The molecule has 2 heterocycles. The largest absolute Gasteiger partial charge is 0.342 e. The maximum atomic E-state index is 13.2. The Hall–Kier alpha value is -2.24. The van der Waals surface area contributed by atoms with Crippen molar-refractivity contribution < 1.29 is 9.18 Å². The lowest BCUT2D eigenvalue weighted by molar-refractivity contribution is -0.131. The second-order valence-corrected chi connectivity index (χ2v) is 5.96. The molecule has 1 fully saturated rings. The highest BCUT2D eigenvalue weighted by molar-refractivity contribution is 5.79. The average Bonchev–Trinajstić information content (AvgIpc) is 3.03. The van der Waals surface area contributed by atoms with Crippen LogP contribution in [0.15, 0.2) is 30.6 Å². The van der Waals surface area contributed by atoms with Crippen molar-refractivity contribution in [2.75, 3.05) is 13.1 Å². The number of hydrogen-bond donors (Lipinski definition) is 0. The fourth-order valence-corrected chi connectivity index (χ4v) is 3.17.